The van der Waals surface area contributed by atoms with Crippen LogP contribution in [0.25, 0.3) is 0 Å². The zero-order valence-corrected chi connectivity index (χ0v) is 8.87. The lowest BCUT2D eigenvalue weighted by atomic mass is 9.74. The summed E-state index contributed by atoms with van der Waals surface area (Å²) in [4.78, 5) is 11.9. The summed E-state index contributed by atoms with van der Waals surface area (Å²) in [5.74, 6) is 2.84. The molecule has 1 unspecified atom stereocenters. The maximum absolute atomic E-state index is 11.9. The summed E-state index contributed by atoms with van der Waals surface area (Å²) in [6.07, 6.45) is 7.43. The van der Waals surface area contributed by atoms with Crippen molar-refractivity contribution in [2.24, 2.45) is 0 Å². The Bertz CT molecular complexity index is 502. The molecule has 1 aliphatic rings. The molecule has 1 atom stereocenters. The topological polar surface area (TPSA) is 17.1 Å². The molecule has 1 aliphatic carbocycles. The number of rotatable bonds is 0. The molecule has 1 aromatic rings. The Balaban J connectivity index is 2.76. The maximum atomic E-state index is 11.9. The van der Waals surface area contributed by atoms with E-state index in [2.05, 4.69) is 5.92 Å². The second kappa shape index (κ2) is 3.10. The zero-order chi connectivity index (χ0) is 11.1. The molecule has 0 radical (unpaired) electrons. The zero-order valence-electron chi connectivity index (χ0n) is 8.87. The van der Waals surface area contributed by atoms with Crippen molar-refractivity contribution < 1.29 is 4.79 Å². The molecule has 0 N–H and O–H groups in total. The van der Waals surface area contributed by atoms with Crippen molar-refractivity contribution in [1.82, 2.24) is 0 Å². The number of ketones is 1. The highest BCUT2D eigenvalue weighted by molar-refractivity contribution is 6.11. The molecule has 1 aromatic carbocycles. The van der Waals surface area contributed by atoms with Crippen LogP contribution in [0.2, 0.25) is 0 Å². The minimum Gasteiger partial charge on any atom is -0.289 e. The Hall–Kier alpha value is -1.81. The molecule has 2 rings (SSSR count). The second-order valence-electron chi connectivity index (χ2n) is 4.05. The summed E-state index contributed by atoms with van der Waals surface area (Å²) in [5.41, 5.74) is 1.95. The number of carbonyl (C=O) groups is 1. The van der Waals surface area contributed by atoms with Crippen LogP contribution in [0.5, 0.6) is 0 Å². The van der Waals surface area contributed by atoms with Crippen molar-refractivity contribution >= 4 is 5.78 Å². The van der Waals surface area contributed by atoms with E-state index in [1.54, 1.807) is 0 Å². The third kappa shape index (κ3) is 1.30. The Morgan fingerprint density at radius 3 is 2.67 bits per heavy atom. The van der Waals surface area contributed by atoms with Crippen molar-refractivity contribution in [1.29, 1.82) is 0 Å². The van der Waals surface area contributed by atoms with Gasteiger partial charge in [0.25, 0.3) is 0 Å². The smallest absolute Gasteiger partial charge is 0.188 e. The van der Waals surface area contributed by atoms with Crippen LogP contribution in [0.3, 0.4) is 0 Å². The minimum atomic E-state index is -0.450. The van der Waals surface area contributed by atoms with Gasteiger partial charge in [-0.25, -0.2) is 0 Å². The molecule has 0 spiro atoms. The Morgan fingerprint density at radius 2 is 2.00 bits per heavy atom. The lowest BCUT2D eigenvalue weighted by Gasteiger charge is -2.27. The molecule has 0 saturated heterocycles. The lowest BCUT2D eigenvalue weighted by Crippen LogP contribution is -2.26. The van der Waals surface area contributed by atoms with Gasteiger partial charge in [0.1, 0.15) is 0 Å². The quantitative estimate of drug-likeness (QED) is 0.583. The molecule has 0 fully saturated rings. The van der Waals surface area contributed by atoms with Gasteiger partial charge in [-0.3, -0.25) is 4.79 Å². The lowest BCUT2D eigenvalue weighted by molar-refractivity contribution is 0.102. The summed E-state index contributed by atoms with van der Waals surface area (Å²) in [5, 5.41) is 0. The minimum absolute atomic E-state index is 0.0818. The highest BCUT2D eigenvalue weighted by Crippen LogP contribution is 2.34. The van der Waals surface area contributed by atoms with E-state index >= 15 is 0 Å². The normalized spacial score (nSPS) is 24.1. The number of terminal acetylenes is 1. The van der Waals surface area contributed by atoms with Gasteiger partial charge in [0.15, 0.2) is 5.78 Å². The predicted molar refractivity (Wildman–Crippen MR) is 60.7 cm³/mol. The number of benzene rings is 1. The largest absolute Gasteiger partial charge is 0.289 e. The maximum Gasteiger partial charge on any atom is 0.188 e. The molecule has 74 valence electrons. The van der Waals surface area contributed by atoms with Crippen molar-refractivity contribution in [2.75, 3.05) is 0 Å². The van der Waals surface area contributed by atoms with Crippen LogP contribution >= 0.6 is 0 Å². The summed E-state index contributed by atoms with van der Waals surface area (Å²) in [6, 6.07) is 7.54. The second-order valence-corrected chi connectivity index (χ2v) is 4.05. The van der Waals surface area contributed by atoms with Crippen molar-refractivity contribution in [2.45, 2.75) is 19.3 Å². The molecule has 0 amide bonds. The molecular formula is C14H12O. The SMILES string of the molecule is C#CC1(C)C=C(C)C(=O)c2ccccc21. The fourth-order valence-corrected chi connectivity index (χ4v) is 2.04. The fraction of sp³-hybridized carbons (Fsp3) is 0.214. The molecule has 15 heavy (non-hydrogen) atoms. The van der Waals surface area contributed by atoms with E-state index in [1.165, 1.54) is 0 Å². The Labute approximate surface area is 89.8 Å². The van der Waals surface area contributed by atoms with Crippen LogP contribution in [0.15, 0.2) is 35.9 Å². The molecule has 0 aliphatic heterocycles. The van der Waals surface area contributed by atoms with Gasteiger partial charge >= 0.3 is 0 Å². The van der Waals surface area contributed by atoms with E-state index in [1.807, 2.05) is 44.2 Å². The number of carbonyl (C=O) groups excluding carboxylic acids is 1. The number of Topliss-reactive ketones (excluding diaryl/α,β-unsaturated/α-hetero) is 1. The first-order valence-corrected chi connectivity index (χ1v) is 4.90. The molecule has 0 bridgehead atoms. The predicted octanol–water partition coefficient (Wildman–Crippen LogP) is 2.72. The van der Waals surface area contributed by atoms with E-state index in [0.717, 1.165) is 16.7 Å². The summed E-state index contributed by atoms with van der Waals surface area (Å²) < 4.78 is 0. The van der Waals surface area contributed by atoms with Gasteiger partial charge in [-0.1, -0.05) is 36.3 Å². The number of hydrogen-bond donors (Lipinski definition) is 0. The molecule has 1 heteroatoms. The third-order valence-electron chi connectivity index (χ3n) is 2.89. The molecule has 0 aromatic heterocycles. The van der Waals surface area contributed by atoms with Gasteiger partial charge in [-0.15, -0.1) is 6.42 Å². The fourth-order valence-electron chi connectivity index (χ4n) is 2.04. The molecule has 0 saturated carbocycles. The number of allylic oxidation sites excluding steroid dienone is 2. The van der Waals surface area contributed by atoms with Crippen LogP contribution in [0, 0.1) is 12.3 Å². The van der Waals surface area contributed by atoms with E-state index < -0.39 is 5.41 Å². The van der Waals surface area contributed by atoms with E-state index in [-0.39, 0.29) is 5.78 Å². The van der Waals surface area contributed by atoms with Gasteiger partial charge < -0.3 is 0 Å². The van der Waals surface area contributed by atoms with Gasteiger partial charge in [-0.2, -0.15) is 0 Å². The van der Waals surface area contributed by atoms with E-state index in [0.29, 0.717) is 0 Å². The van der Waals surface area contributed by atoms with Crippen molar-refractivity contribution in [3.8, 4) is 12.3 Å². The van der Waals surface area contributed by atoms with Crippen molar-refractivity contribution in [3.05, 3.63) is 47.0 Å². The highest BCUT2D eigenvalue weighted by Gasteiger charge is 2.31. The molecule has 0 heterocycles. The van der Waals surface area contributed by atoms with Gasteiger partial charge in [0.05, 0.1) is 5.41 Å². The summed E-state index contributed by atoms with van der Waals surface area (Å²) >= 11 is 0. The molecular weight excluding hydrogens is 184 g/mol. The average Bonchev–Trinajstić information content (AvgIpc) is 2.26. The van der Waals surface area contributed by atoms with Gasteiger partial charge in [0.2, 0.25) is 0 Å². The Morgan fingerprint density at radius 1 is 1.33 bits per heavy atom. The molecule has 1 nitrogen and oxygen atoms in total. The number of hydrogen-bond acceptors (Lipinski definition) is 1. The highest BCUT2D eigenvalue weighted by atomic mass is 16.1. The van der Waals surface area contributed by atoms with Crippen LogP contribution in [-0.2, 0) is 5.41 Å². The first-order valence-electron chi connectivity index (χ1n) is 4.90. The van der Waals surface area contributed by atoms with Crippen molar-refractivity contribution in [3.63, 3.8) is 0 Å². The summed E-state index contributed by atoms with van der Waals surface area (Å²) in [7, 11) is 0. The van der Waals surface area contributed by atoms with Crippen LogP contribution < -0.4 is 0 Å². The monoisotopic (exact) mass is 196 g/mol. The first-order chi connectivity index (χ1) is 7.08. The van der Waals surface area contributed by atoms with Crippen LogP contribution in [-0.4, -0.2) is 5.78 Å². The van der Waals surface area contributed by atoms with E-state index in [4.69, 9.17) is 6.42 Å². The van der Waals surface area contributed by atoms with Crippen LogP contribution in [0.1, 0.15) is 29.8 Å². The first kappa shape index (κ1) is 9.73. The number of fused-ring (bicyclic) bond motifs is 1. The average molecular weight is 196 g/mol. The Kier molecular flexibility index (Phi) is 2.01. The van der Waals surface area contributed by atoms with Crippen LogP contribution in [0.4, 0.5) is 0 Å². The van der Waals surface area contributed by atoms with E-state index in [9.17, 15) is 4.79 Å². The van der Waals surface area contributed by atoms with Gasteiger partial charge in [0, 0.05) is 5.56 Å². The third-order valence-corrected chi connectivity index (χ3v) is 2.89. The standard InChI is InChI=1S/C14H12O/c1-4-14(3)9-10(2)13(15)11-7-5-6-8-12(11)14/h1,5-9H,2-3H3. The summed E-state index contributed by atoms with van der Waals surface area (Å²) in [6.45, 7) is 3.77. The van der Waals surface area contributed by atoms with Gasteiger partial charge in [-0.05, 0) is 25.0 Å².